The maximum atomic E-state index is 12.5. The second-order valence-corrected chi connectivity index (χ2v) is 5.30. The Labute approximate surface area is 112 Å². The van der Waals surface area contributed by atoms with Crippen LogP contribution in [0.3, 0.4) is 0 Å². The molecule has 0 saturated carbocycles. The third-order valence-electron chi connectivity index (χ3n) is 4.17. The van der Waals surface area contributed by atoms with Gasteiger partial charge in [-0.1, -0.05) is 42.5 Å². The molecule has 0 fully saturated rings. The van der Waals surface area contributed by atoms with Crippen molar-refractivity contribution in [2.24, 2.45) is 0 Å². The van der Waals surface area contributed by atoms with E-state index < -0.39 is 0 Å². The van der Waals surface area contributed by atoms with Crippen molar-refractivity contribution in [1.82, 2.24) is 0 Å². The maximum absolute atomic E-state index is 12.5. The maximum Gasteiger partial charge on any atom is 0.231 e. The standard InChI is InChI=1S/C17H15NO/c19-16-11-13-5-1-2-8-14(13)15-9-3-6-12-7-4-10-18(16)17(12)15/h1-3,5-6,8-9H,4,7,10-11H2. The summed E-state index contributed by atoms with van der Waals surface area (Å²) in [5, 5.41) is 0. The number of amides is 1. The van der Waals surface area contributed by atoms with Crippen molar-refractivity contribution in [3.8, 4) is 11.1 Å². The second-order valence-electron chi connectivity index (χ2n) is 5.30. The summed E-state index contributed by atoms with van der Waals surface area (Å²) in [6.07, 6.45) is 2.66. The van der Waals surface area contributed by atoms with Crippen molar-refractivity contribution in [3.05, 3.63) is 53.6 Å². The van der Waals surface area contributed by atoms with Gasteiger partial charge in [-0.3, -0.25) is 4.79 Å². The number of para-hydroxylation sites is 1. The number of carbonyl (C=O) groups is 1. The number of benzene rings is 2. The van der Waals surface area contributed by atoms with Crippen LogP contribution in [0, 0.1) is 0 Å². The molecule has 4 rings (SSSR count). The Bertz CT molecular complexity index is 675. The zero-order chi connectivity index (χ0) is 12.8. The molecule has 94 valence electrons. The molecule has 2 heteroatoms. The van der Waals surface area contributed by atoms with Gasteiger partial charge >= 0.3 is 0 Å². The minimum absolute atomic E-state index is 0.235. The highest BCUT2D eigenvalue weighted by Crippen LogP contribution is 2.41. The van der Waals surface area contributed by atoms with Crippen LogP contribution in [-0.4, -0.2) is 12.5 Å². The number of nitrogens with zero attached hydrogens (tertiary/aromatic N) is 1. The topological polar surface area (TPSA) is 20.3 Å². The van der Waals surface area contributed by atoms with Crippen molar-refractivity contribution in [3.63, 3.8) is 0 Å². The van der Waals surface area contributed by atoms with Crippen LogP contribution >= 0.6 is 0 Å². The minimum Gasteiger partial charge on any atom is -0.311 e. The van der Waals surface area contributed by atoms with Crippen LogP contribution in [0.4, 0.5) is 5.69 Å². The lowest BCUT2D eigenvalue weighted by molar-refractivity contribution is -0.118. The molecular formula is C17H15NO. The van der Waals surface area contributed by atoms with Crippen molar-refractivity contribution >= 4 is 11.6 Å². The highest BCUT2D eigenvalue weighted by atomic mass is 16.2. The molecular weight excluding hydrogens is 234 g/mol. The van der Waals surface area contributed by atoms with Crippen LogP contribution in [0.25, 0.3) is 11.1 Å². The molecule has 2 aromatic rings. The van der Waals surface area contributed by atoms with Crippen molar-refractivity contribution in [2.75, 3.05) is 11.4 Å². The first-order chi connectivity index (χ1) is 9.34. The fraction of sp³-hybridized carbons (Fsp3) is 0.235. The number of aryl methyl sites for hydroxylation is 1. The molecule has 0 saturated heterocycles. The SMILES string of the molecule is O=C1Cc2ccccc2-c2cccc3c2N1CCC3. The van der Waals surface area contributed by atoms with Gasteiger partial charge in [0, 0.05) is 12.1 Å². The summed E-state index contributed by atoms with van der Waals surface area (Å²) < 4.78 is 0. The Morgan fingerprint density at radius 2 is 1.68 bits per heavy atom. The average molecular weight is 249 g/mol. The average Bonchev–Trinajstić information content (AvgIpc) is 2.57. The third-order valence-corrected chi connectivity index (χ3v) is 4.17. The fourth-order valence-electron chi connectivity index (χ4n) is 3.31. The van der Waals surface area contributed by atoms with Gasteiger partial charge < -0.3 is 4.90 Å². The fourth-order valence-corrected chi connectivity index (χ4v) is 3.31. The largest absolute Gasteiger partial charge is 0.311 e. The molecule has 0 atom stereocenters. The number of anilines is 1. The molecule has 2 nitrogen and oxygen atoms in total. The first-order valence-corrected chi connectivity index (χ1v) is 6.85. The Kier molecular flexibility index (Phi) is 2.25. The van der Waals surface area contributed by atoms with Crippen LogP contribution < -0.4 is 4.90 Å². The van der Waals surface area contributed by atoms with E-state index in [0.717, 1.165) is 30.6 Å². The van der Waals surface area contributed by atoms with Gasteiger partial charge in [-0.15, -0.1) is 0 Å². The zero-order valence-electron chi connectivity index (χ0n) is 10.7. The highest BCUT2D eigenvalue weighted by molar-refractivity contribution is 6.03. The predicted octanol–water partition coefficient (Wildman–Crippen LogP) is 3.19. The number of fused-ring (bicyclic) bond motifs is 2. The molecule has 1 amide bonds. The molecule has 2 aliphatic rings. The Morgan fingerprint density at radius 1 is 0.895 bits per heavy atom. The molecule has 0 bridgehead atoms. The number of hydrogen-bond donors (Lipinski definition) is 0. The summed E-state index contributed by atoms with van der Waals surface area (Å²) in [5.41, 5.74) is 6.06. The van der Waals surface area contributed by atoms with Gasteiger partial charge in [-0.05, 0) is 29.5 Å². The monoisotopic (exact) mass is 249 g/mol. The van der Waals surface area contributed by atoms with Gasteiger partial charge in [0.15, 0.2) is 0 Å². The lowest BCUT2D eigenvalue weighted by Gasteiger charge is -2.30. The van der Waals surface area contributed by atoms with E-state index in [4.69, 9.17) is 0 Å². The molecule has 19 heavy (non-hydrogen) atoms. The first kappa shape index (κ1) is 10.8. The van der Waals surface area contributed by atoms with Gasteiger partial charge in [0.2, 0.25) is 5.91 Å². The summed E-state index contributed by atoms with van der Waals surface area (Å²) >= 11 is 0. The van der Waals surface area contributed by atoms with Crippen LogP contribution in [0.5, 0.6) is 0 Å². The molecule has 0 aliphatic carbocycles. The molecule has 2 heterocycles. The van der Waals surface area contributed by atoms with E-state index in [2.05, 4.69) is 36.4 Å². The van der Waals surface area contributed by atoms with E-state index in [0.29, 0.717) is 6.42 Å². The molecule has 0 unspecified atom stereocenters. The Hall–Kier alpha value is -2.09. The summed E-state index contributed by atoms with van der Waals surface area (Å²) in [7, 11) is 0. The zero-order valence-corrected chi connectivity index (χ0v) is 10.7. The molecule has 0 radical (unpaired) electrons. The van der Waals surface area contributed by atoms with Crippen LogP contribution in [0.1, 0.15) is 17.5 Å². The summed E-state index contributed by atoms with van der Waals surface area (Å²) in [5.74, 6) is 0.235. The quantitative estimate of drug-likeness (QED) is 0.702. The summed E-state index contributed by atoms with van der Waals surface area (Å²) in [4.78, 5) is 14.5. The smallest absolute Gasteiger partial charge is 0.231 e. The molecule has 2 aliphatic heterocycles. The van der Waals surface area contributed by atoms with E-state index in [-0.39, 0.29) is 5.91 Å². The van der Waals surface area contributed by atoms with E-state index in [1.807, 2.05) is 11.0 Å². The highest BCUT2D eigenvalue weighted by Gasteiger charge is 2.29. The molecule has 0 N–H and O–H groups in total. The van der Waals surface area contributed by atoms with E-state index in [1.165, 1.54) is 16.7 Å². The summed E-state index contributed by atoms with van der Waals surface area (Å²) in [6.45, 7) is 0.858. The van der Waals surface area contributed by atoms with Crippen LogP contribution in [-0.2, 0) is 17.6 Å². The van der Waals surface area contributed by atoms with Gasteiger partial charge in [0.1, 0.15) is 0 Å². The number of carbonyl (C=O) groups excluding carboxylic acids is 1. The van der Waals surface area contributed by atoms with E-state index in [1.54, 1.807) is 0 Å². The lowest BCUT2D eigenvalue weighted by Crippen LogP contribution is -2.35. The summed E-state index contributed by atoms with van der Waals surface area (Å²) in [6, 6.07) is 14.7. The lowest BCUT2D eigenvalue weighted by atomic mass is 9.93. The van der Waals surface area contributed by atoms with Crippen molar-refractivity contribution in [2.45, 2.75) is 19.3 Å². The van der Waals surface area contributed by atoms with Crippen molar-refractivity contribution < 1.29 is 4.79 Å². The second kappa shape index (κ2) is 3.95. The van der Waals surface area contributed by atoms with Gasteiger partial charge in [0.05, 0.1) is 12.1 Å². The van der Waals surface area contributed by atoms with Crippen LogP contribution in [0.2, 0.25) is 0 Å². The van der Waals surface area contributed by atoms with Gasteiger partial charge in [-0.2, -0.15) is 0 Å². The van der Waals surface area contributed by atoms with E-state index >= 15 is 0 Å². The van der Waals surface area contributed by atoms with Gasteiger partial charge in [0.25, 0.3) is 0 Å². The normalized spacial score (nSPS) is 16.6. The molecule has 0 aromatic heterocycles. The van der Waals surface area contributed by atoms with Crippen LogP contribution in [0.15, 0.2) is 42.5 Å². The predicted molar refractivity (Wildman–Crippen MR) is 76.3 cm³/mol. The molecule has 2 aromatic carbocycles. The number of hydrogen-bond acceptors (Lipinski definition) is 1. The Balaban J connectivity index is 2.07. The number of rotatable bonds is 0. The van der Waals surface area contributed by atoms with Gasteiger partial charge in [-0.25, -0.2) is 0 Å². The van der Waals surface area contributed by atoms with Crippen molar-refractivity contribution in [1.29, 1.82) is 0 Å². The Morgan fingerprint density at radius 3 is 2.63 bits per heavy atom. The molecule has 0 spiro atoms. The third kappa shape index (κ3) is 1.53. The minimum atomic E-state index is 0.235. The first-order valence-electron chi connectivity index (χ1n) is 6.85. The van der Waals surface area contributed by atoms with E-state index in [9.17, 15) is 4.79 Å².